The molecule has 0 bridgehead atoms. The highest BCUT2D eigenvalue weighted by Gasteiger charge is 2.25. The van der Waals surface area contributed by atoms with Crippen LogP contribution in [0.4, 0.5) is 10.5 Å². The molecule has 0 aliphatic carbocycles. The molecule has 3 heterocycles. The van der Waals surface area contributed by atoms with E-state index >= 15 is 0 Å². The summed E-state index contributed by atoms with van der Waals surface area (Å²) in [6.07, 6.45) is 2.48. The number of carbonyl (C=O) groups excluding carboxylic acids is 1. The second-order valence-electron chi connectivity index (χ2n) is 6.79. The van der Waals surface area contributed by atoms with Crippen LogP contribution in [-0.2, 0) is 13.0 Å². The maximum absolute atomic E-state index is 12.6. The van der Waals surface area contributed by atoms with Gasteiger partial charge >= 0.3 is 6.03 Å². The molecule has 1 unspecified atom stereocenters. The Balaban J connectivity index is 1.28. The van der Waals surface area contributed by atoms with Crippen LogP contribution in [-0.4, -0.2) is 68.5 Å². The summed E-state index contributed by atoms with van der Waals surface area (Å²) in [7, 11) is 0. The summed E-state index contributed by atoms with van der Waals surface area (Å²) in [6.45, 7) is 3.58. The van der Waals surface area contributed by atoms with E-state index in [-0.39, 0.29) is 17.8 Å². The minimum Gasteiger partial charge on any atom is -0.508 e. The number of phenols is 1. The molecule has 9 heteroatoms. The molecule has 2 aromatic rings. The number of nitrogens with zero attached hydrogens (tertiary/aromatic N) is 6. The molecular formula is C17H23N7O2. The van der Waals surface area contributed by atoms with Gasteiger partial charge in [-0.3, -0.25) is 0 Å². The van der Waals surface area contributed by atoms with Gasteiger partial charge in [-0.05, 0) is 35.4 Å². The van der Waals surface area contributed by atoms with Crippen LogP contribution in [0.3, 0.4) is 0 Å². The van der Waals surface area contributed by atoms with Crippen molar-refractivity contribution in [3.63, 3.8) is 0 Å². The quantitative estimate of drug-likeness (QED) is 0.817. The van der Waals surface area contributed by atoms with Gasteiger partial charge in [-0.1, -0.05) is 6.07 Å². The van der Waals surface area contributed by atoms with Gasteiger partial charge in [0.25, 0.3) is 0 Å². The number of rotatable bonds is 2. The van der Waals surface area contributed by atoms with E-state index in [1.807, 2.05) is 21.7 Å². The Morgan fingerprint density at radius 1 is 1.15 bits per heavy atom. The molecule has 26 heavy (non-hydrogen) atoms. The molecule has 4 rings (SSSR count). The first kappa shape index (κ1) is 16.6. The number of anilines is 1. The Hall–Kier alpha value is -2.84. The molecule has 2 N–H and O–H groups in total. The maximum atomic E-state index is 12.6. The van der Waals surface area contributed by atoms with Crippen molar-refractivity contribution in [2.45, 2.75) is 31.8 Å². The predicted molar refractivity (Wildman–Crippen MR) is 95.0 cm³/mol. The number of benzene rings is 1. The molecule has 138 valence electrons. The number of amides is 2. The SMILES string of the molecule is O=C(NC1CCc2nnnn2CC1)N1CCN(c2cccc(O)c2)CC1. The third-order valence-corrected chi connectivity index (χ3v) is 5.10. The number of carbonyl (C=O) groups is 1. The van der Waals surface area contributed by atoms with Gasteiger partial charge in [-0.25, -0.2) is 9.48 Å². The van der Waals surface area contributed by atoms with Gasteiger partial charge < -0.3 is 20.2 Å². The number of hydrogen-bond acceptors (Lipinski definition) is 6. The number of hydrogen-bond donors (Lipinski definition) is 2. The molecule has 1 atom stereocenters. The second-order valence-corrected chi connectivity index (χ2v) is 6.79. The minimum atomic E-state index is -0.00353. The molecule has 0 radical (unpaired) electrons. The fraction of sp³-hybridized carbons (Fsp3) is 0.529. The van der Waals surface area contributed by atoms with Crippen LogP contribution in [0.25, 0.3) is 0 Å². The van der Waals surface area contributed by atoms with Crippen molar-refractivity contribution in [1.29, 1.82) is 0 Å². The third kappa shape index (κ3) is 3.56. The van der Waals surface area contributed by atoms with Crippen LogP contribution in [0.15, 0.2) is 24.3 Å². The number of piperazine rings is 1. The Morgan fingerprint density at radius 2 is 2.00 bits per heavy atom. The smallest absolute Gasteiger partial charge is 0.317 e. The first-order chi connectivity index (χ1) is 12.7. The molecule has 1 saturated heterocycles. The number of tetrazole rings is 1. The van der Waals surface area contributed by atoms with E-state index < -0.39 is 0 Å². The van der Waals surface area contributed by atoms with E-state index in [0.717, 1.165) is 50.4 Å². The summed E-state index contributed by atoms with van der Waals surface area (Å²) in [5.41, 5.74) is 0.990. The van der Waals surface area contributed by atoms with Gasteiger partial charge in [-0.15, -0.1) is 5.10 Å². The fourth-order valence-electron chi connectivity index (χ4n) is 3.57. The van der Waals surface area contributed by atoms with E-state index in [1.54, 1.807) is 12.1 Å². The summed E-state index contributed by atoms with van der Waals surface area (Å²) in [5, 5.41) is 24.5. The van der Waals surface area contributed by atoms with Gasteiger partial charge in [0.1, 0.15) is 5.75 Å². The zero-order chi connectivity index (χ0) is 17.9. The van der Waals surface area contributed by atoms with Gasteiger partial charge in [0.05, 0.1) is 0 Å². The monoisotopic (exact) mass is 357 g/mol. The maximum Gasteiger partial charge on any atom is 0.317 e. The standard InChI is InChI=1S/C17H23N7O2/c25-15-3-1-2-14(12-15)22-8-10-23(11-9-22)17(26)18-13-4-5-16-19-20-21-24(16)7-6-13/h1-3,12-13,25H,4-11H2,(H,18,26). The van der Waals surface area contributed by atoms with E-state index in [9.17, 15) is 9.90 Å². The van der Waals surface area contributed by atoms with Crippen LogP contribution in [0.1, 0.15) is 18.7 Å². The molecule has 2 aliphatic heterocycles. The van der Waals surface area contributed by atoms with Crippen LogP contribution in [0.5, 0.6) is 5.75 Å². The third-order valence-electron chi connectivity index (χ3n) is 5.10. The minimum absolute atomic E-state index is 0.00353. The Morgan fingerprint density at radius 3 is 2.81 bits per heavy atom. The van der Waals surface area contributed by atoms with E-state index in [0.29, 0.717) is 13.1 Å². The lowest BCUT2D eigenvalue weighted by molar-refractivity contribution is 0.188. The summed E-state index contributed by atoms with van der Waals surface area (Å²) in [5.74, 6) is 1.15. The molecule has 2 aliphatic rings. The van der Waals surface area contributed by atoms with Crippen molar-refractivity contribution < 1.29 is 9.90 Å². The lowest BCUT2D eigenvalue weighted by Gasteiger charge is -2.36. The van der Waals surface area contributed by atoms with Gasteiger partial charge in [0.2, 0.25) is 0 Å². The second kappa shape index (κ2) is 7.19. The van der Waals surface area contributed by atoms with Gasteiger partial charge in [0.15, 0.2) is 5.82 Å². The Bertz CT molecular complexity index is 747. The van der Waals surface area contributed by atoms with Crippen LogP contribution < -0.4 is 10.2 Å². The number of urea groups is 1. The predicted octanol–water partition coefficient (Wildman–Crippen LogP) is 0.615. The summed E-state index contributed by atoms with van der Waals surface area (Å²) in [6, 6.07) is 7.37. The number of fused-ring (bicyclic) bond motifs is 1. The first-order valence-electron chi connectivity index (χ1n) is 9.03. The lowest BCUT2D eigenvalue weighted by atomic mass is 10.1. The van der Waals surface area contributed by atoms with Crippen LogP contribution in [0, 0.1) is 0 Å². The molecule has 1 aromatic carbocycles. The highest BCUT2D eigenvalue weighted by molar-refractivity contribution is 5.75. The normalized spacial score (nSPS) is 20.4. The molecule has 0 saturated carbocycles. The number of aromatic nitrogens is 4. The average molecular weight is 357 g/mol. The number of nitrogens with one attached hydrogen (secondary N) is 1. The lowest BCUT2D eigenvalue weighted by Crippen LogP contribution is -2.53. The molecule has 1 fully saturated rings. The summed E-state index contributed by atoms with van der Waals surface area (Å²) >= 11 is 0. The number of aromatic hydroxyl groups is 1. The first-order valence-corrected chi connectivity index (χ1v) is 9.03. The summed E-state index contributed by atoms with van der Waals surface area (Å²) < 4.78 is 1.82. The van der Waals surface area contributed by atoms with Crippen molar-refractivity contribution in [2.24, 2.45) is 0 Å². The molecule has 9 nitrogen and oxygen atoms in total. The molecule has 0 spiro atoms. The highest BCUT2D eigenvalue weighted by Crippen LogP contribution is 2.21. The Labute approximate surface area is 151 Å². The fourth-order valence-corrected chi connectivity index (χ4v) is 3.57. The average Bonchev–Trinajstić information content (AvgIpc) is 3.03. The van der Waals surface area contributed by atoms with Crippen molar-refractivity contribution in [2.75, 3.05) is 31.1 Å². The van der Waals surface area contributed by atoms with E-state index in [4.69, 9.17) is 0 Å². The highest BCUT2D eigenvalue weighted by atomic mass is 16.3. The van der Waals surface area contributed by atoms with Gasteiger partial charge in [-0.2, -0.15) is 0 Å². The van der Waals surface area contributed by atoms with Crippen molar-refractivity contribution in [3.8, 4) is 5.75 Å². The van der Waals surface area contributed by atoms with Crippen molar-refractivity contribution >= 4 is 11.7 Å². The van der Waals surface area contributed by atoms with Crippen molar-refractivity contribution in [3.05, 3.63) is 30.1 Å². The van der Waals surface area contributed by atoms with Crippen LogP contribution >= 0.6 is 0 Å². The molecule has 1 aromatic heterocycles. The number of phenolic OH excluding ortho intramolecular Hbond substituents is 1. The van der Waals surface area contributed by atoms with Crippen molar-refractivity contribution in [1.82, 2.24) is 30.4 Å². The molecule has 2 amide bonds. The zero-order valence-corrected chi connectivity index (χ0v) is 14.6. The van der Waals surface area contributed by atoms with Crippen LogP contribution in [0.2, 0.25) is 0 Å². The van der Waals surface area contributed by atoms with E-state index in [2.05, 4.69) is 25.7 Å². The Kier molecular flexibility index (Phi) is 4.59. The zero-order valence-electron chi connectivity index (χ0n) is 14.6. The van der Waals surface area contributed by atoms with Gasteiger partial charge in [0, 0.05) is 56.9 Å². The molecular weight excluding hydrogens is 334 g/mol. The largest absolute Gasteiger partial charge is 0.508 e. The topological polar surface area (TPSA) is 99.4 Å². The number of aryl methyl sites for hydroxylation is 2. The summed E-state index contributed by atoms with van der Waals surface area (Å²) in [4.78, 5) is 16.6. The van der Waals surface area contributed by atoms with E-state index in [1.165, 1.54) is 0 Å².